The van der Waals surface area contributed by atoms with Gasteiger partial charge in [-0.3, -0.25) is 4.79 Å². The van der Waals surface area contributed by atoms with Crippen LogP contribution in [0.4, 0.5) is 5.69 Å². The lowest BCUT2D eigenvalue weighted by Gasteiger charge is -2.46. The van der Waals surface area contributed by atoms with E-state index < -0.39 is 0 Å². The van der Waals surface area contributed by atoms with Crippen molar-refractivity contribution in [2.24, 2.45) is 5.41 Å². The molecular formula is C20H22BrNO2. The quantitative estimate of drug-likeness (QED) is 0.685. The number of carbonyl (C=O) groups excluding carboxylic acids is 1. The number of nitrogens with one attached hydrogen (secondary N) is 1. The van der Waals surface area contributed by atoms with Gasteiger partial charge in [0, 0.05) is 28.1 Å². The maximum Gasteiger partial charge on any atom is 0.303 e. The van der Waals surface area contributed by atoms with E-state index in [1.165, 1.54) is 6.92 Å². The van der Waals surface area contributed by atoms with Gasteiger partial charge in [0.05, 0.1) is 6.04 Å². The molecule has 0 saturated heterocycles. The van der Waals surface area contributed by atoms with Gasteiger partial charge in [-0.1, -0.05) is 59.6 Å². The van der Waals surface area contributed by atoms with Gasteiger partial charge in [0.1, 0.15) is 6.10 Å². The zero-order chi connectivity index (χ0) is 17.5. The minimum absolute atomic E-state index is 0.0366. The summed E-state index contributed by atoms with van der Waals surface area (Å²) in [5, 5.41) is 3.65. The number of esters is 1. The summed E-state index contributed by atoms with van der Waals surface area (Å²) in [7, 11) is 0. The third-order valence-electron chi connectivity index (χ3n) is 4.67. The Balaban J connectivity index is 2.13. The Hall–Kier alpha value is -1.81. The predicted octanol–water partition coefficient (Wildman–Crippen LogP) is 5.55. The van der Waals surface area contributed by atoms with Crippen molar-refractivity contribution >= 4 is 27.6 Å². The molecule has 0 amide bonds. The zero-order valence-electron chi connectivity index (χ0n) is 14.4. The molecule has 3 nitrogen and oxygen atoms in total. The molecule has 2 atom stereocenters. The lowest BCUT2D eigenvalue weighted by molar-refractivity contribution is -0.154. The molecule has 0 unspecified atom stereocenters. The van der Waals surface area contributed by atoms with Crippen LogP contribution in [0.5, 0.6) is 0 Å². The van der Waals surface area contributed by atoms with E-state index in [-0.39, 0.29) is 23.5 Å². The monoisotopic (exact) mass is 387 g/mol. The summed E-state index contributed by atoms with van der Waals surface area (Å²) in [6.07, 6.45) is -0.296. The van der Waals surface area contributed by atoms with Crippen molar-refractivity contribution in [1.29, 1.82) is 0 Å². The summed E-state index contributed by atoms with van der Waals surface area (Å²) in [4.78, 5) is 11.7. The first-order valence-corrected chi connectivity index (χ1v) is 8.88. The van der Waals surface area contributed by atoms with Gasteiger partial charge in [0.2, 0.25) is 0 Å². The minimum atomic E-state index is -0.298. The Morgan fingerprint density at radius 1 is 1.21 bits per heavy atom. The van der Waals surface area contributed by atoms with E-state index in [9.17, 15) is 4.79 Å². The number of fused-ring (bicyclic) bond motifs is 1. The topological polar surface area (TPSA) is 38.3 Å². The Morgan fingerprint density at radius 3 is 2.62 bits per heavy atom. The number of carbonyl (C=O) groups is 1. The zero-order valence-corrected chi connectivity index (χ0v) is 16.0. The van der Waals surface area contributed by atoms with Crippen molar-refractivity contribution in [2.45, 2.75) is 39.8 Å². The van der Waals surface area contributed by atoms with Crippen molar-refractivity contribution < 1.29 is 9.53 Å². The first kappa shape index (κ1) is 17.0. The number of halogens is 1. The average Bonchev–Trinajstić information content (AvgIpc) is 2.50. The first-order chi connectivity index (χ1) is 11.3. The second-order valence-corrected chi connectivity index (χ2v) is 7.95. The molecule has 3 rings (SSSR count). The van der Waals surface area contributed by atoms with E-state index in [0.29, 0.717) is 0 Å². The van der Waals surface area contributed by atoms with Crippen LogP contribution in [0.15, 0.2) is 46.9 Å². The largest absolute Gasteiger partial charge is 0.457 e. The van der Waals surface area contributed by atoms with Gasteiger partial charge in [0.15, 0.2) is 0 Å². The Labute approximate surface area is 151 Å². The van der Waals surface area contributed by atoms with Gasteiger partial charge in [-0.05, 0) is 30.7 Å². The van der Waals surface area contributed by atoms with Crippen molar-refractivity contribution in [3.63, 3.8) is 0 Å². The van der Waals surface area contributed by atoms with Crippen molar-refractivity contribution in [2.75, 3.05) is 5.32 Å². The lowest BCUT2D eigenvalue weighted by atomic mass is 9.70. The second-order valence-electron chi connectivity index (χ2n) is 7.03. The van der Waals surface area contributed by atoms with Gasteiger partial charge >= 0.3 is 5.97 Å². The van der Waals surface area contributed by atoms with Crippen LogP contribution in [0.25, 0.3) is 0 Å². The predicted molar refractivity (Wildman–Crippen MR) is 100.0 cm³/mol. The van der Waals surface area contributed by atoms with E-state index >= 15 is 0 Å². The molecule has 2 aromatic carbocycles. The molecule has 0 bridgehead atoms. The molecule has 4 heteroatoms. The summed E-state index contributed by atoms with van der Waals surface area (Å²) in [5.74, 6) is -0.254. The molecule has 0 aromatic heterocycles. The van der Waals surface area contributed by atoms with Crippen LogP contribution in [-0.4, -0.2) is 5.97 Å². The van der Waals surface area contributed by atoms with Crippen LogP contribution in [-0.2, 0) is 9.53 Å². The van der Waals surface area contributed by atoms with Crippen LogP contribution in [0.2, 0.25) is 0 Å². The molecule has 0 spiro atoms. The highest BCUT2D eigenvalue weighted by Crippen LogP contribution is 2.53. The van der Waals surface area contributed by atoms with Gasteiger partial charge in [-0.15, -0.1) is 0 Å². The maximum atomic E-state index is 11.7. The summed E-state index contributed by atoms with van der Waals surface area (Å²) >= 11 is 3.55. The molecule has 0 saturated carbocycles. The smallest absolute Gasteiger partial charge is 0.303 e. The lowest BCUT2D eigenvalue weighted by Crippen LogP contribution is -2.40. The van der Waals surface area contributed by atoms with Crippen LogP contribution in [0.1, 0.15) is 49.6 Å². The van der Waals surface area contributed by atoms with Crippen LogP contribution in [0.3, 0.4) is 0 Å². The van der Waals surface area contributed by atoms with Crippen LogP contribution < -0.4 is 5.32 Å². The number of benzene rings is 2. The third-order valence-corrected chi connectivity index (χ3v) is 5.17. The van der Waals surface area contributed by atoms with E-state index in [1.54, 1.807) is 0 Å². The molecular weight excluding hydrogens is 366 g/mol. The highest BCUT2D eigenvalue weighted by Gasteiger charge is 2.46. The fourth-order valence-electron chi connectivity index (χ4n) is 3.50. The van der Waals surface area contributed by atoms with E-state index in [0.717, 1.165) is 26.9 Å². The third kappa shape index (κ3) is 3.07. The van der Waals surface area contributed by atoms with E-state index in [2.05, 4.69) is 72.3 Å². The highest BCUT2D eigenvalue weighted by atomic mass is 79.9. The number of ether oxygens (including phenoxy) is 1. The molecule has 126 valence electrons. The summed E-state index contributed by atoms with van der Waals surface area (Å²) in [5.41, 5.74) is 4.09. The van der Waals surface area contributed by atoms with Gasteiger partial charge in [-0.25, -0.2) is 0 Å². The van der Waals surface area contributed by atoms with Gasteiger partial charge in [-0.2, -0.15) is 0 Å². The molecule has 0 radical (unpaired) electrons. The normalized spacial score (nSPS) is 21.5. The average molecular weight is 388 g/mol. The Morgan fingerprint density at radius 2 is 1.96 bits per heavy atom. The van der Waals surface area contributed by atoms with Crippen LogP contribution >= 0.6 is 15.9 Å². The molecule has 2 aromatic rings. The van der Waals surface area contributed by atoms with Crippen molar-refractivity contribution in [3.05, 3.63) is 63.6 Å². The fourth-order valence-corrected chi connectivity index (χ4v) is 3.92. The number of anilines is 1. The number of hydrogen-bond acceptors (Lipinski definition) is 3. The standard InChI is InChI=1S/C20H22BrNO2/c1-12-8-9-17-16(10-12)19(24-13(2)23)20(3,4)18(22-17)14-6-5-7-15(21)11-14/h5-11,18-19,22H,1-4H3/t18-,19+/m1/s1. The number of rotatable bonds is 2. The molecule has 1 N–H and O–H groups in total. The Bertz CT molecular complexity index is 785. The highest BCUT2D eigenvalue weighted by molar-refractivity contribution is 9.10. The Kier molecular flexibility index (Phi) is 4.43. The van der Waals surface area contributed by atoms with Gasteiger partial charge < -0.3 is 10.1 Å². The SMILES string of the molecule is CC(=O)O[C@H]1c2cc(C)ccc2N[C@H](c2cccc(Br)c2)C1(C)C. The minimum Gasteiger partial charge on any atom is -0.457 e. The van der Waals surface area contributed by atoms with Crippen LogP contribution in [0, 0.1) is 12.3 Å². The summed E-state index contributed by atoms with van der Waals surface area (Å²) in [6, 6.07) is 14.6. The summed E-state index contributed by atoms with van der Waals surface area (Å²) < 4.78 is 6.82. The fraction of sp³-hybridized carbons (Fsp3) is 0.350. The molecule has 0 fully saturated rings. The van der Waals surface area contributed by atoms with Gasteiger partial charge in [0.25, 0.3) is 0 Å². The number of aryl methyl sites for hydroxylation is 1. The molecule has 1 aliphatic rings. The molecule has 1 heterocycles. The van der Waals surface area contributed by atoms with Crippen molar-refractivity contribution in [1.82, 2.24) is 0 Å². The van der Waals surface area contributed by atoms with Crippen molar-refractivity contribution in [3.8, 4) is 0 Å². The molecule has 24 heavy (non-hydrogen) atoms. The number of hydrogen-bond donors (Lipinski definition) is 1. The van der Waals surface area contributed by atoms with E-state index in [4.69, 9.17) is 4.74 Å². The molecule has 0 aliphatic carbocycles. The maximum absolute atomic E-state index is 11.7. The van der Waals surface area contributed by atoms with E-state index in [1.807, 2.05) is 12.1 Å². The summed E-state index contributed by atoms with van der Waals surface area (Å²) in [6.45, 7) is 7.81. The first-order valence-electron chi connectivity index (χ1n) is 8.09. The second kappa shape index (κ2) is 6.25. The molecule has 1 aliphatic heterocycles.